The van der Waals surface area contributed by atoms with Crippen molar-refractivity contribution in [1.82, 2.24) is 0 Å². The zero-order chi connectivity index (χ0) is 15.6. The summed E-state index contributed by atoms with van der Waals surface area (Å²) in [5.41, 5.74) is 2.89. The zero-order valence-electron chi connectivity index (χ0n) is 13.4. The van der Waals surface area contributed by atoms with Crippen molar-refractivity contribution < 1.29 is 0 Å². The predicted octanol–water partition coefficient (Wildman–Crippen LogP) is 4.80. The van der Waals surface area contributed by atoms with Gasteiger partial charge in [0.15, 0.2) is 0 Å². The molecule has 0 radical (unpaired) electrons. The quantitative estimate of drug-likeness (QED) is 0.409. The van der Waals surface area contributed by atoms with Crippen LogP contribution in [0.2, 0.25) is 13.1 Å². The predicted molar refractivity (Wildman–Crippen MR) is 104 cm³/mol. The lowest BCUT2D eigenvalue weighted by Crippen LogP contribution is -2.55. The summed E-state index contributed by atoms with van der Waals surface area (Å²) in [6.45, 7) is 4.98. The van der Waals surface area contributed by atoms with E-state index in [1.165, 1.54) is 32.7 Å². The minimum absolute atomic E-state index is 1.34. The number of rotatable bonds is 0. The van der Waals surface area contributed by atoms with Crippen LogP contribution in [0, 0.1) is 0 Å². The zero-order valence-corrected chi connectivity index (χ0v) is 14.4. The molecule has 0 aromatic heterocycles. The Bertz CT molecular complexity index is 1080. The van der Waals surface area contributed by atoms with Gasteiger partial charge in [0.1, 0.15) is 8.07 Å². The van der Waals surface area contributed by atoms with Crippen molar-refractivity contribution in [3.63, 3.8) is 0 Å². The van der Waals surface area contributed by atoms with Crippen molar-refractivity contribution >= 4 is 40.0 Å². The third kappa shape index (κ3) is 1.60. The van der Waals surface area contributed by atoms with Gasteiger partial charge in [-0.3, -0.25) is 0 Å². The van der Waals surface area contributed by atoms with Crippen molar-refractivity contribution in [1.29, 1.82) is 0 Å². The van der Waals surface area contributed by atoms with E-state index in [0.717, 1.165) is 0 Å². The fourth-order valence-corrected chi connectivity index (χ4v) is 7.40. The lowest BCUT2D eigenvalue weighted by atomic mass is 9.93. The van der Waals surface area contributed by atoms with Crippen LogP contribution >= 0.6 is 0 Å². The van der Waals surface area contributed by atoms with Crippen LogP contribution in [0.25, 0.3) is 32.7 Å². The van der Waals surface area contributed by atoms with Gasteiger partial charge in [0.05, 0.1) is 0 Å². The molecular formula is C22H18Si. The number of hydrogen-bond acceptors (Lipinski definition) is 0. The van der Waals surface area contributed by atoms with Gasteiger partial charge in [-0.25, -0.2) is 0 Å². The van der Waals surface area contributed by atoms with Gasteiger partial charge in [0.25, 0.3) is 0 Å². The highest BCUT2D eigenvalue weighted by molar-refractivity contribution is 7.03. The maximum atomic E-state index is 2.49. The first kappa shape index (κ1) is 13.1. The Balaban J connectivity index is 2.09. The molecule has 23 heavy (non-hydrogen) atoms. The molecule has 0 saturated heterocycles. The van der Waals surface area contributed by atoms with E-state index in [0.29, 0.717) is 0 Å². The molecular weight excluding hydrogens is 292 g/mol. The average molecular weight is 310 g/mol. The minimum Gasteiger partial charge on any atom is -0.0619 e. The molecule has 1 aliphatic rings. The fraction of sp³-hybridized carbons (Fsp3) is 0.0909. The van der Waals surface area contributed by atoms with Crippen molar-refractivity contribution in [2.45, 2.75) is 13.1 Å². The maximum absolute atomic E-state index is 2.49. The van der Waals surface area contributed by atoms with Crippen LogP contribution in [-0.4, -0.2) is 8.07 Å². The summed E-state index contributed by atoms with van der Waals surface area (Å²) in [5.74, 6) is 0. The van der Waals surface area contributed by atoms with Gasteiger partial charge in [0.2, 0.25) is 0 Å². The summed E-state index contributed by atoms with van der Waals surface area (Å²) < 4.78 is 0. The first-order valence-electron chi connectivity index (χ1n) is 8.23. The lowest BCUT2D eigenvalue weighted by Gasteiger charge is -2.34. The molecule has 5 rings (SSSR count). The number of hydrogen-bond donors (Lipinski definition) is 0. The van der Waals surface area contributed by atoms with Crippen LogP contribution in [0.1, 0.15) is 0 Å². The molecule has 4 aromatic carbocycles. The summed E-state index contributed by atoms with van der Waals surface area (Å²) in [6, 6.07) is 27.1. The summed E-state index contributed by atoms with van der Waals surface area (Å²) >= 11 is 0. The van der Waals surface area contributed by atoms with Crippen LogP contribution in [0.4, 0.5) is 0 Å². The lowest BCUT2D eigenvalue weighted by molar-refractivity contribution is 1.65. The molecule has 1 heteroatoms. The van der Waals surface area contributed by atoms with Gasteiger partial charge in [-0.1, -0.05) is 85.9 Å². The second-order valence-electron chi connectivity index (χ2n) is 7.04. The Hall–Kier alpha value is -2.38. The van der Waals surface area contributed by atoms with E-state index >= 15 is 0 Å². The monoisotopic (exact) mass is 310 g/mol. The summed E-state index contributed by atoms with van der Waals surface area (Å²) in [5, 5.41) is 8.74. The fourth-order valence-electron chi connectivity index (χ4n) is 4.30. The highest BCUT2D eigenvalue weighted by Crippen LogP contribution is 2.37. The van der Waals surface area contributed by atoms with Crippen molar-refractivity contribution in [2.24, 2.45) is 0 Å². The topological polar surface area (TPSA) is 0 Å². The average Bonchev–Trinajstić information content (AvgIpc) is 2.59. The Morgan fingerprint density at radius 3 is 2.22 bits per heavy atom. The standard InChI is InChI=1S/C22H18Si/c1-23(2)19-12-6-9-16-8-5-11-18(21(16)19)22-17-10-4-3-7-15(17)13-14-20(22)23/h3-14H,1-2H3. The molecule has 1 heterocycles. The molecule has 4 aromatic rings. The molecule has 0 unspecified atom stereocenters. The Labute approximate surface area is 137 Å². The third-order valence-electron chi connectivity index (χ3n) is 5.45. The molecule has 110 valence electrons. The van der Waals surface area contributed by atoms with Crippen LogP contribution in [0.15, 0.2) is 72.8 Å². The van der Waals surface area contributed by atoms with E-state index in [1.54, 1.807) is 10.4 Å². The van der Waals surface area contributed by atoms with Crippen LogP contribution in [-0.2, 0) is 0 Å². The van der Waals surface area contributed by atoms with Gasteiger partial charge in [0, 0.05) is 0 Å². The van der Waals surface area contributed by atoms with Gasteiger partial charge < -0.3 is 0 Å². The third-order valence-corrected chi connectivity index (χ3v) is 8.98. The Morgan fingerprint density at radius 2 is 1.35 bits per heavy atom. The molecule has 0 saturated carbocycles. The van der Waals surface area contributed by atoms with E-state index < -0.39 is 8.07 Å². The minimum atomic E-state index is -1.68. The normalized spacial score (nSPS) is 14.9. The van der Waals surface area contributed by atoms with Gasteiger partial charge in [-0.2, -0.15) is 0 Å². The van der Waals surface area contributed by atoms with Gasteiger partial charge in [-0.05, 0) is 43.0 Å². The number of fused-ring (bicyclic) bond motifs is 4. The largest absolute Gasteiger partial charge is 0.113 e. The van der Waals surface area contributed by atoms with E-state index in [4.69, 9.17) is 0 Å². The highest BCUT2D eigenvalue weighted by Gasteiger charge is 2.35. The van der Waals surface area contributed by atoms with Gasteiger partial charge >= 0.3 is 0 Å². The Kier molecular flexibility index (Phi) is 2.47. The molecule has 0 amide bonds. The Morgan fingerprint density at radius 1 is 0.609 bits per heavy atom. The molecule has 0 spiro atoms. The first-order valence-corrected chi connectivity index (χ1v) is 11.2. The van der Waals surface area contributed by atoms with Crippen molar-refractivity contribution in [3.8, 4) is 11.1 Å². The maximum Gasteiger partial charge on any atom is 0.113 e. The molecule has 0 fully saturated rings. The van der Waals surface area contributed by atoms with Crippen molar-refractivity contribution in [2.75, 3.05) is 0 Å². The smallest absolute Gasteiger partial charge is 0.0619 e. The van der Waals surface area contributed by atoms with E-state index in [-0.39, 0.29) is 0 Å². The molecule has 0 nitrogen and oxygen atoms in total. The van der Waals surface area contributed by atoms with Crippen molar-refractivity contribution in [3.05, 3.63) is 72.8 Å². The van der Waals surface area contributed by atoms with E-state index in [9.17, 15) is 0 Å². The van der Waals surface area contributed by atoms with Gasteiger partial charge in [-0.15, -0.1) is 0 Å². The second-order valence-corrected chi connectivity index (χ2v) is 11.4. The first-order chi connectivity index (χ1) is 11.2. The summed E-state index contributed by atoms with van der Waals surface area (Å²) in [7, 11) is -1.68. The van der Waals surface area contributed by atoms with Crippen LogP contribution in [0.5, 0.6) is 0 Å². The number of benzene rings is 4. The molecule has 0 N–H and O–H groups in total. The summed E-state index contributed by atoms with van der Waals surface area (Å²) in [6.07, 6.45) is 0. The summed E-state index contributed by atoms with van der Waals surface area (Å²) in [4.78, 5) is 0. The highest BCUT2D eigenvalue weighted by atomic mass is 28.3. The molecule has 1 aliphatic heterocycles. The van der Waals surface area contributed by atoms with E-state index in [1.807, 2.05) is 0 Å². The SMILES string of the molecule is C[Si]1(C)c2ccc3ccccc3c2-c2cccc3cccc1c23. The second kappa shape index (κ2) is 4.33. The van der Waals surface area contributed by atoms with E-state index in [2.05, 4.69) is 85.9 Å². The van der Waals surface area contributed by atoms with Crippen LogP contribution in [0.3, 0.4) is 0 Å². The molecule has 0 aliphatic carbocycles. The van der Waals surface area contributed by atoms with Crippen LogP contribution < -0.4 is 10.4 Å². The molecule has 0 bridgehead atoms. The molecule has 0 atom stereocenters.